The van der Waals surface area contributed by atoms with E-state index in [1.807, 2.05) is 28.9 Å². The van der Waals surface area contributed by atoms with Crippen molar-refractivity contribution in [2.45, 2.75) is 44.6 Å². The first-order valence-electron chi connectivity index (χ1n) is 13.2. The van der Waals surface area contributed by atoms with E-state index in [1.54, 1.807) is 0 Å². The Hall–Kier alpha value is -3.50. The highest BCUT2D eigenvalue weighted by Gasteiger charge is 2.19. The number of hydrogen-bond acceptors (Lipinski definition) is 8. The van der Waals surface area contributed by atoms with E-state index in [-0.39, 0.29) is 0 Å². The molecule has 0 saturated carbocycles. The highest BCUT2D eigenvalue weighted by molar-refractivity contribution is 5.99. The third-order valence-electron chi connectivity index (χ3n) is 7.35. The number of piperidine rings is 1. The number of nitrogens with one attached hydrogen (secondary N) is 1. The first kappa shape index (κ1) is 25.2. The molecular formula is C27H36N8O2. The minimum absolute atomic E-state index is 0.325. The van der Waals surface area contributed by atoms with Crippen molar-refractivity contribution in [2.24, 2.45) is 5.73 Å². The van der Waals surface area contributed by atoms with Crippen LogP contribution in [0.2, 0.25) is 0 Å². The molecule has 0 spiro atoms. The summed E-state index contributed by atoms with van der Waals surface area (Å²) in [5.74, 6) is 1.26. The molecule has 196 valence electrons. The van der Waals surface area contributed by atoms with Crippen molar-refractivity contribution < 1.29 is 9.53 Å². The summed E-state index contributed by atoms with van der Waals surface area (Å²) in [7, 11) is 1.85. The minimum atomic E-state index is -0.542. The number of primary amides is 1. The molecule has 1 aromatic carbocycles. The number of hydrogen-bond donors (Lipinski definition) is 2. The van der Waals surface area contributed by atoms with E-state index < -0.39 is 5.91 Å². The van der Waals surface area contributed by atoms with Crippen LogP contribution in [0, 0.1) is 0 Å². The van der Waals surface area contributed by atoms with Gasteiger partial charge in [0.1, 0.15) is 5.82 Å². The molecule has 4 heterocycles. The lowest BCUT2D eigenvalue weighted by atomic mass is 9.92. The van der Waals surface area contributed by atoms with Gasteiger partial charge in [-0.2, -0.15) is 0 Å². The van der Waals surface area contributed by atoms with Crippen molar-refractivity contribution in [1.29, 1.82) is 0 Å². The molecule has 0 unspecified atom stereocenters. The number of ether oxygens (including phenoxy) is 1. The number of nitrogens with two attached hydrogens (primary N) is 1. The normalized spacial score (nSPS) is 17.0. The molecular weight excluding hydrogens is 468 g/mol. The van der Waals surface area contributed by atoms with Crippen LogP contribution in [0.15, 0.2) is 42.7 Å². The average Bonchev–Trinajstić information content (AvgIpc) is 3.42. The van der Waals surface area contributed by atoms with Crippen LogP contribution in [-0.2, 0) is 11.3 Å². The Balaban J connectivity index is 1.28. The van der Waals surface area contributed by atoms with Crippen LogP contribution in [0.5, 0.6) is 0 Å². The highest BCUT2D eigenvalue weighted by atomic mass is 16.5. The molecule has 10 heteroatoms. The third-order valence-corrected chi connectivity index (χ3v) is 7.35. The quantitative estimate of drug-likeness (QED) is 0.454. The summed E-state index contributed by atoms with van der Waals surface area (Å²) in [5.41, 5.74) is 8.87. The average molecular weight is 505 g/mol. The Bertz CT molecular complexity index is 1180. The van der Waals surface area contributed by atoms with Crippen LogP contribution in [0.4, 0.5) is 23.0 Å². The highest BCUT2D eigenvalue weighted by Crippen LogP contribution is 2.30. The van der Waals surface area contributed by atoms with E-state index in [4.69, 9.17) is 10.5 Å². The summed E-state index contributed by atoms with van der Waals surface area (Å²) in [5, 5.41) is 12.0. The Morgan fingerprint density at radius 3 is 2.62 bits per heavy atom. The third kappa shape index (κ3) is 6.26. The monoisotopic (exact) mass is 504 g/mol. The molecule has 0 bridgehead atoms. The predicted octanol–water partition coefficient (Wildman–Crippen LogP) is 3.66. The maximum absolute atomic E-state index is 12.2. The molecule has 3 aromatic rings. The van der Waals surface area contributed by atoms with Crippen LogP contribution in [-0.4, -0.2) is 70.7 Å². The number of pyridine rings is 1. The van der Waals surface area contributed by atoms with Gasteiger partial charge in [0.05, 0.1) is 24.0 Å². The van der Waals surface area contributed by atoms with Gasteiger partial charge in [-0.25, -0.2) is 9.67 Å². The zero-order valence-electron chi connectivity index (χ0n) is 21.5. The Kier molecular flexibility index (Phi) is 7.96. The molecule has 5 rings (SSSR count). The summed E-state index contributed by atoms with van der Waals surface area (Å²) in [4.78, 5) is 20.9. The van der Waals surface area contributed by atoms with Gasteiger partial charge in [-0.1, -0.05) is 23.8 Å². The van der Waals surface area contributed by atoms with E-state index in [2.05, 4.69) is 49.8 Å². The van der Waals surface area contributed by atoms with Gasteiger partial charge in [-0.15, -0.1) is 5.10 Å². The van der Waals surface area contributed by atoms with Crippen molar-refractivity contribution in [3.8, 4) is 0 Å². The largest absolute Gasteiger partial charge is 0.381 e. The van der Waals surface area contributed by atoms with Crippen LogP contribution in [0.3, 0.4) is 0 Å². The first-order chi connectivity index (χ1) is 18.1. The summed E-state index contributed by atoms with van der Waals surface area (Å²) in [6, 6.07) is 10.3. The number of aromatic nitrogens is 4. The minimum Gasteiger partial charge on any atom is -0.381 e. The summed E-state index contributed by atoms with van der Waals surface area (Å²) >= 11 is 0. The number of likely N-dealkylation sites (tertiary alicyclic amines) is 1. The molecule has 2 aromatic heterocycles. The maximum atomic E-state index is 12.2. The number of anilines is 4. The fourth-order valence-corrected chi connectivity index (χ4v) is 5.10. The lowest BCUT2D eigenvalue weighted by molar-refractivity contribution is 0.0853. The lowest BCUT2D eigenvalue weighted by Gasteiger charge is -2.26. The topological polar surface area (TPSA) is 114 Å². The number of amides is 1. The molecule has 0 aliphatic carbocycles. The molecule has 37 heavy (non-hydrogen) atoms. The molecule has 2 aliphatic heterocycles. The Morgan fingerprint density at radius 2 is 1.89 bits per heavy atom. The fraction of sp³-hybridized carbons (Fsp3) is 0.481. The lowest BCUT2D eigenvalue weighted by Crippen LogP contribution is -2.32. The second-order valence-electron chi connectivity index (χ2n) is 9.89. The van der Waals surface area contributed by atoms with Gasteiger partial charge in [0.25, 0.3) is 5.91 Å². The second kappa shape index (κ2) is 11.7. The Morgan fingerprint density at radius 1 is 1.14 bits per heavy atom. The second-order valence-corrected chi connectivity index (χ2v) is 9.89. The van der Waals surface area contributed by atoms with Gasteiger partial charge in [0.2, 0.25) is 0 Å². The fourth-order valence-electron chi connectivity index (χ4n) is 5.10. The van der Waals surface area contributed by atoms with E-state index in [0.717, 1.165) is 57.9 Å². The first-order valence-corrected chi connectivity index (χ1v) is 13.2. The smallest absolute Gasteiger partial charge is 0.252 e. The summed E-state index contributed by atoms with van der Waals surface area (Å²) < 4.78 is 7.33. The van der Waals surface area contributed by atoms with Crippen molar-refractivity contribution in [1.82, 2.24) is 24.9 Å². The van der Waals surface area contributed by atoms with E-state index >= 15 is 0 Å². The van der Waals surface area contributed by atoms with Crippen LogP contribution >= 0.6 is 0 Å². The molecule has 2 aliphatic rings. The SMILES string of the molecule is CN(c1cn(CCN2CCCCC2)nn1)c1cc(Nc2ccc(C3CCOCC3)cc2)ncc1C(N)=O. The van der Waals surface area contributed by atoms with Crippen molar-refractivity contribution in [3.63, 3.8) is 0 Å². The number of carbonyl (C=O) groups is 1. The van der Waals surface area contributed by atoms with Gasteiger partial charge < -0.3 is 25.6 Å². The number of rotatable bonds is 9. The predicted molar refractivity (Wildman–Crippen MR) is 144 cm³/mol. The van der Waals surface area contributed by atoms with Crippen LogP contribution in [0.25, 0.3) is 0 Å². The van der Waals surface area contributed by atoms with Gasteiger partial charge in [-0.05, 0) is 62.4 Å². The molecule has 0 atom stereocenters. The molecule has 0 radical (unpaired) electrons. The molecule has 10 nitrogen and oxygen atoms in total. The van der Waals surface area contributed by atoms with Crippen molar-refractivity contribution in [3.05, 3.63) is 53.9 Å². The molecule has 2 fully saturated rings. The van der Waals surface area contributed by atoms with Gasteiger partial charge in [-0.3, -0.25) is 4.79 Å². The standard InChI is InChI=1S/C27H36N8O2/c1-33(26-19-35(32-31-26)14-13-34-11-3-2-4-12-34)24-17-25(29-18-23(24)27(28)36)30-22-7-5-20(6-8-22)21-9-15-37-16-10-21/h5-8,17-19,21H,2-4,9-16H2,1H3,(H2,28,36)(H,29,30). The van der Waals surface area contributed by atoms with Gasteiger partial charge in [0, 0.05) is 44.8 Å². The summed E-state index contributed by atoms with van der Waals surface area (Å²) in [6.45, 7) is 5.67. The zero-order chi connectivity index (χ0) is 25.6. The zero-order valence-corrected chi connectivity index (χ0v) is 21.5. The summed E-state index contributed by atoms with van der Waals surface area (Å²) in [6.07, 6.45) is 9.37. The van der Waals surface area contributed by atoms with Gasteiger partial charge >= 0.3 is 0 Å². The molecule has 1 amide bonds. The van der Waals surface area contributed by atoms with Crippen molar-refractivity contribution in [2.75, 3.05) is 50.1 Å². The van der Waals surface area contributed by atoms with E-state index in [0.29, 0.717) is 28.8 Å². The maximum Gasteiger partial charge on any atom is 0.252 e. The Labute approximate surface area is 217 Å². The van der Waals surface area contributed by atoms with Crippen molar-refractivity contribution >= 4 is 28.9 Å². The van der Waals surface area contributed by atoms with Crippen LogP contribution < -0.4 is 16.0 Å². The molecule has 2 saturated heterocycles. The van der Waals surface area contributed by atoms with Gasteiger partial charge in [0.15, 0.2) is 5.82 Å². The number of carbonyl (C=O) groups excluding carboxylic acids is 1. The van der Waals surface area contributed by atoms with E-state index in [9.17, 15) is 4.79 Å². The number of benzene rings is 1. The number of nitrogens with zero attached hydrogens (tertiary/aromatic N) is 6. The van der Waals surface area contributed by atoms with Crippen LogP contribution in [0.1, 0.15) is 53.9 Å². The van der Waals surface area contributed by atoms with E-state index in [1.165, 1.54) is 31.0 Å². The molecule has 3 N–H and O–H groups in total.